The molecule has 1 aromatic rings. The van der Waals surface area contributed by atoms with Gasteiger partial charge in [0.25, 0.3) is 0 Å². The Morgan fingerprint density at radius 2 is 1.90 bits per heavy atom. The van der Waals surface area contributed by atoms with Gasteiger partial charge in [0.15, 0.2) is 11.6 Å². The van der Waals surface area contributed by atoms with Crippen molar-refractivity contribution in [3.8, 4) is 5.75 Å². The lowest BCUT2D eigenvalue weighted by atomic mass is 10.1. The van der Waals surface area contributed by atoms with Gasteiger partial charge in [-0.25, -0.2) is 4.39 Å². The number of hydrogen-bond acceptors (Lipinski definition) is 3. The number of nitrogens with zero attached hydrogens (tertiary/aromatic N) is 1. The van der Waals surface area contributed by atoms with Gasteiger partial charge in [0.05, 0.1) is 17.5 Å². The first-order chi connectivity index (χ1) is 9.90. The summed E-state index contributed by atoms with van der Waals surface area (Å²) in [6.07, 6.45) is 3.15. The molecule has 0 spiro atoms. The quantitative estimate of drug-likeness (QED) is 0.712. The molecule has 120 valence electrons. The molecular formula is C17H29FN2O. The monoisotopic (exact) mass is 296 g/mol. The summed E-state index contributed by atoms with van der Waals surface area (Å²) in [7, 11) is 0. The standard InChI is InChI=1S/C17H29FN2O/c1-6-8-9-20(13(5)7-2)16-11-17(21-12(3)4)14(18)10-15(16)19/h10-13H,6-9,19H2,1-5H3. The van der Waals surface area contributed by atoms with E-state index in [9.17, 15) is 4.39 Å². The second-order valence-electron chi connectivity index (χ2n) is 5.81. The predicted molar refractivity (Wildman–Crippen MR) is 88.6 cm³/mol. The minimum absolute atomic E-state index is 0.0661. The van der Waals surface area contributed by atoms with Crippen LogP contribution in [0, 0.1) is 5.82 Å². The molecule has 0 aliphatic rings. The number of benzene rings is 1. The average molecular weight is 296 g/mol. The van der Waals surface area contributed by atoms with E-state index in [-0.39, 0.29) is 11.9 Å². The van der Waals surface area contributed by atoms with E-state index in [1.54, 1.807) is 6.07 Å². The molecule has 21 heavy (non-hydrogen) atoms. The van der Waals surface area contributed by atoms with Crippen LogP contribution in [0.25, 0.3) is 0 Å². The van der Waals surface area contributed by atoms with Crippen molar-refractivity contribution >= 4 is 11.4 Å². The summed E-state index contributed by atoms with van der Waals surface area (Å²) in [5, 5.41) is 0. The minimum Gasteiger partial charge on any atom is -0.488 e. The van der Waals surface area contributed by atoms with E-state index < -0.39 is 5.82 Å². The van der Waals surface area contributed by atoms with Gasteiger partial charge in [0.2, 0.25) is 0 Å². The van der Waals surface area contributed by atoms with Crippen LogP contribution in [0.4, 0.5) is 15.8 Å². The van der Waals surface area contributed by atoms with Crippen molar-refractivity contribution in [2.24, 2.45) is 0 Å². The van der Waals surface area contributed by atoms with Gasteiger partial charge in [-0.2, -0.15) is 0 Å². The Balaban J connectivity index is 3.16. The highest BCUT2D eigenvalue weighted by Gasteiger charge is 2.18. The summed E-state index contributed by atoms with van der Waals surface area (Å²) in [6.45, 7) is 11.2. The molecule has 0 saturated heterocycles. The molecular weight excluding hydrogens is 267 g/mol. The van der Waals surface area contributed by atoms with Crippen molar-refractivity contribution in [1.29, 1.82) is 0 Å². The number of rotatable bonds is 8. The zero-order valence-corrected chi connectivity index (χ0v) is 13.9. The summed E-state index contributed by atoms with van der Waals surface area (Å²) >= 11 is 0. The van der Waals surface area contributed by atoms with Gasteiger partial charge in [-0.3, -0.25) is 0 Å². The SMILES string of the molecule is CCCCN(c1cc(OC(C)C)c(F)cc1N)C(C)CC. The number of ether oxygens (including phenoxy) is 1. The number of nitrogens with two attached hydrogens (primary N) is 1. The maximum absolute atomic E-state index is 14.0. The molecule has 1 rings (SSSR count). The van der Waals surface area contributed by atoms with Crippen LogP contribution < -0.4 is 15.4 Å². The Morgan fingerprint density at radius 3 is 2.43 bits per heavy atom. The van der Waals surface area contributed by atoms with E-state index in [0.717, 1.165) is 31.5 Å². The van der Waals surface area contributed by atoms with E-state index >= 15 is 0 Å². The van der Waals surface area contributed by atoms with Crippen LogP contribution in [-0.2, 0) is 0 Å². The molecule has 2 N–H and O–H groups in total. The highest BCUT2D eigenvalue weighted by Crippen LogP contribution is 2.33. The van der Waals surface area contributed by atoms with Gasteiger partial charge >= 0.3 is 0 Å². The summed E-state index contributed by atoms with van der Waals surface area (Å²) in [4.78, 5) is 2.26. The highest BCUT2D eigenvalue weighted by molar-refractivity contribution is 5.70. The number of halogens is 1. The third-order valence-corrected chi connectivity index (χ3v) is 3.63. The molecule has 0 aliphatic carbocycles. The van der Waals surface area contributed by atoms with Crippen molar-refractivity contribution < 1.29 is 9.13 Å². The fourth-order valence-corrected chi connectivity index (χ4v) is 2.28. The lowest BCUT2D eigenvalue weighted by Crippen LogP contribution is -2.34. The molecule has 0 radical (unpaired) electrons. The van der Waals surface area contributed by atoms with Crippen molar-refractivity contribution in [1.82, 2.24) is 0 Å². The smallest absolute Gasteiger partial charge is 0.167 e. The van der Waals surface area contributed by atoms with E-state index in [2.05, 4.69) is 25.7 Å². The number of nitrogen functional groups attached to an aromatic ring is 1. The lowest BCUT2D eigenvalue weighted by molar-refractivity contribution is 0.231. The lowest BCUT2D eigenvalue weighted by Gasteiger charge is -2.32. The first-order valence-corrected chi connectivity index (χ1v) is 7.92. The molecule has 0 bridgehead atoms. The van der Waals surface area contributed by atoms with Crippen molar-refractivity contribution in [2.75, 3.05) is 17.2 Å². The van der Waals surface area contributed by atoms with Gasteiger partial charge in [-0.1, -0.05) is 20.3 Å². The molecule has 0 fully saturated rings. The normalized spacial score (nSPS) is 12.5. The second-order valence-corrected chi connectivity index (χ2v) is 5.81. The topological polar surface area (TPSA) is 38.5 Å². The van der Waals surface area contributed by atoms with E-state index in [1.165, 1.54) is 6.07 Å². The molecule has 1 atom stereocenters. The Kier molecular flexibility index (Phi) is 6.79. The summed E-state index contributed by atoms with van der Waals surface area (Å²) in [6, 6.07) is 3.47. The van der Waals surface area contributed by atoms with E-state index in [0.29, 0.717) is 11.7 Å². The fraction of sp³-hybridized carbons (Fsp3) is 0.647. The first kappa shape index (κ1) is 17.6. The molecule has 1 unspecified atom stereocenters. The molecule has 0 aromatic heterocycles. The number of unbranched alkanes of at least 4 members (excludes halogenated alkanes) is 1. The number of hydrogen-bond donors (Lipinski definition) is 1. The van der Waals surface area contributed by atoms with E-state index in [1.807, 2.05) is 13.8 Å². The third-order valence-electron chi connectivity index (χ3n) is 3.63. The molecule has 0 aliphatic heterocycles. The van der Waals surface area contributed by atoms with Gasteiger partial charge in [0.1, 0.15) is 0 Å². The molecule has 0 heterocycles. The molecule has 0 saturated carbocycles. The van der Waals surface area contributed by atoms with Gasteiger partial charge in [0, 0.05) is 24.7 Å². The van der Waals surface area contributed by atoms with Crippen LogP contribution in [0.2, 0.25) is 0 Å². The molecule has 1 aromatic carbocycles. The molecule has 3 nitrogen and oxygen atoms in total. The maximum Gasteiger partial charge on any atom is 0.167 e. The van der Waals surface area contributed by atoms with Gasteiger partial charge < -0.3 is 15.4 Å². The Bertz CT molecular complexity index is 449. The zero-order valence-electron chi connectivity index (χ0n) is 13.9. The van der Waals surface area contributed by atoms with Crippen molar-refractivity contribution in [3.63, 3.8) is 0 Å². The molecule has 0 amide bonds. The largest absolute Gasteiger partial charge is 0.488 e. The molecule has 4 heteroatoms. The fourth-order valence-electron chi connectivity index (χ4n) is 2.28. The van der Waals surface area contributed by atoms with Crippen LogP contribution in [0.3, 0.4) is 0 Å². The zero-order chi connectivity index (χ0) is 16.0. The highest BCUT2D eigenvalue weighted by atomic mass is 19.1. The first-order valence-electron chi connectivity index (χ1n) is 7.92. The third kappa shape index (κ3) is 4.80. The predicted octanol–water partition coefficient (Wildman–Crippen LogP) is 4.60. The van der Waals surface area contributed by atoms with Crippen LogP contribution in [-0.4, -0.2) is 18.7 Å². The van der Waals surface area contributed by atoms with Crippen LogP contribution in [0.1, 0.15) is 53.9 Å². The second kappa shape index (κ2) is 8.11. The summed E-state index contributed by atoms with van der Waals surface area (Å²) < 4.78 is 19.5. The van der Waals surface area contributed by atoms with E-state index in [4.69, 9.17) is 10.5 Å². The van der Waals surface area contributed by atoms with Crippen molar-refractivity contribution in [3.05, 3.63) is 17.9 Å². The van der Waals surface area contributed by atoms with Crippen LogP contribution >= 0.6 is 0 Å². The Hall–Kier alpha value is -1.45. The Morgan fingerprint density at radius 1 is 1.24 bits per heavy atom. The summed E-state index contributed by atoms with van der Waals surface area (Å²) in [5.41, 5.74) is 7.39. The summed E-state index contributed by atoms with van der Waals surface area (Å²) in [5.74, 6) is -0.122. The number of anilines is 2. The van der Waals surface area contributed by atoms with Gasteiger partial charge in [-0.15, -0.1) is 0 Å². The van der Waals surface area contributed by atoms with Crippen LogP contribution in [0.5, 0.6) is 5.75 Å². The Labute approximate surface area is 128 Å². The average Bonchev–Trinajstić information content (AvgIpc) is 2.42. The maximum atomic E-state index is 14.0. The minimum atomic E-state index is -0.399. The van der Waals surface area contributed by atoms with Gasteiger partial charge in [-0.05, 0) is 33.6 Å². The van der Waals surface area contributed by atoms with Crippen LogP contribution in [0.15, 0.2) is 12.1 Å². The van der Waals surface area contributed by atoms with Crippen molar-refractivity contribution in [2.45, 2.75) is 66.0 Å².